The number of aromatic nitrogens is 2. The van der Waals surface area contributed by atoms with Crippen molar-refractivity contribution in [1.82, 2.24) is 15.1 Å². The Hall–Kier alpha value is -0.260. The Bertz CT molecular complexity index is 487. The van der Waals surface area contributed by atoms with Crippen LogP contribution in [0.2, 0.25) is 0 Å². The number of nitrogens with zero attached hydrogens (tertiary/aromatic N) is 3. The molecule has 0 spiro atoms. The smallest absolute Gasteiger partial charge is 0.104 e. The van der Waals surface area contributed by atoms with Gasteiger partial charge in [-0.05, 0) is 63.7 Å². The van der Waals surface area contributed by atoms with Crippen molar-refractivity contribution in [1.29, 1.82) is 0 Å². The number of halogens is 2. The fraction of sp³-hybridized carbons (Fsp3) is 0.500. The number of hydrogen-bond acceptors (Lipinski definition) is 3. The summed E-state index contributed by atoms with van der Waals surface area (Å²) < 4.78 is 1.98. The van der Waals surface area contributed by atoms with Gasteiger partial charge in [-0.15, -0.1) is 5.10 Å². The second-order valence-electron chi connectivity index (χ2n) is 4.72. The summed E-state index contributed by atoms with van der Waals surface area (Å²) in [5, 5.41) is 8.30. The fourth-order valence-electron chi connectivity index (χ4n) is 2.77. The maximum atomic E-state index is 4.27. The van der Waals surface area contributed by atoms with E-state index in [4.69, 9.17) is 0 Å². The molecule has 0 aliphatic carbocycles. The maximum Gasteiger partial charge on any atom is 0.104 e. The molecule has 0 radical (unpaired) electrons. The van der Waals surface area contributed by atoms with Crippen molar-refractivity contribution in [3.05, 3.63) is 26.9 Å². The molecule has 1 saturated heterocycles. The zero-order valence-corrected chi connectivity index (χ0v) is 12.7. The normalized spacial score (nSPS) is 28.3. The Morgan fingerprint density at radius 2 is 2.18 bits per heavy atom. The third-order valence-electron chi connectivity index (χ3n) is 3.79. The summed E-state index contributed by atoms with van der Waals surface area (Å²) in [6.07, 6.45) is 7.71. The van der Waals surface area contributed by atoms with E-state index in [0.29, 0.717) is 12.1 Å². The Morgan fingerprint density at radius 1 is 1.35 bits per heavy atom. The third-order valence-corrected chi connectivity index (χ3v) is 5.73. The van der Waals surface area contributed by atoms with Crippen LogP contribution < -0.4 is 0 Å². The van der Waals surface area contributed by atoms with Gasteiger partial charge in [0.25, 0.3) is 0 Å². The van der Waals surface area contributed by atoms with Gasteiger partial charge in [-0.2, -0.15) is 5.10 Å². The summed E-state index contributed by atoms with van der Waals surface area (Å²) in [4.78, 5) is 2.48. The van der Waals surface area contributed by atoms with Gasteiger partial charge in [0.1, 0.15) is 5.69 Å². The van der Waals surface area contributed by atoms with Crippen LogP contribution in [-0.2, 0) is 0 Å². The van der Waals surface area contributed by atoms with Gasteiger partial charge in [-0.3, -0.25) is 4.90 Å². The second kappa shape index (κ2) is 4.44. The minimum atomic E-state index is 0.580. The van der Waals surface area contributed by atoms with Gasteiger partial charge >= 0.3 is 0 Å². The molecule has 17 heavy (non-hydrogen) atoms. The highest BCUT2D eigenvalue weighted by Gasteiger charge is 2.34. The molecule has 2 bridgehead atoms. The molecule has 3 nitrogen and oxygen atoms in total. The third kappa shape index (κ3) is 1.98. The van der Waals surface area contributed by atoms with E-state index < -0.39 is 0 Å². The van der Waals surface area contributed by atoms with Crippen molar-refractivity contribution in [2.75, 3.05) is 7.05 Å². The molecule has 1 aromatic rings. The van der Waals surface area contributed by atoms with E-state index in [9.17, 15) is 0 Å². The summed E-state index contributed by atoms with van der Waals surface area (Å²) in [6.45, 7) is 0. The van der Waals surface area contributed by atoms with E-state index in [2.05, 4.69) is 60.1 Å². The van der Waals surface area contributed by atoms with Crippen LogP contribution in [0, 0.1) is 0 Å². The van der Waals surface area contributed by atoms with Crippen molar-refractivity contribution in [2.45, 2.75) is 31.3 Å². The zero-order valence-electron chi connectivity index (χ0n) is 9.53. The molecule has 1 fully saturated rings. The minimum Gasteiger partial charge on any atom is -0.297 e. The molecule has 2 aliphatic rings. The molecule has 1 aromatic heterocycles. The molecule has 0 saturated carbocycles. The average Bonchev–Trinajstić information content (AvgIpc) is 2.54. The van der Waals surface area contributed by atoms with Crippen molar-refractivity contribution in [2.24, 2.45) is 0 Å². The summed E-state index contributed by atoms with van der Waals surface area (Å²) in [7, 11) is 2.22. The molecule has 3 heterocycles. The lowest BCUT2D eigenvalue weighted by Gasteiger charge is -2.30. The quantitative estimate of drug-likeness (QED) is 0.771. The lowest BCUT2D eigenvalue weighted by molar-refractivity contribution is 0.264. The van der Waals surface area contributed by atoms with E-state index in [1.807, 2.05) is 0 Å². The van der Waals surface area contributed by atoms with Gasteiger partial charge < -0.3 is 0 Å². The van der Waals surface area contributed by atoms with E-state index in [1.165, 1.54) is 18.4 Å². The predicted octanol–water partition coefficient (Wildman–Crippen LogP) is 3.25. The Morgan fingerprint density at radius 3 is 2.94 bits per heavy atom. The molecule has 2 unspecified atom stereocenters. The average molecular weight is 359 g/mol. The van der Waals surface area contributed by atoms with E-state index in [-0.39, 0.29) is 0 Å². The molecule has 2 aliphatic heterocycles. The zero-order chi connectivity index (χ0) is 12.0. The van der Waals surface area contributed by atoms with Gasteiger partial charge in [0, 0.05) is 12.1 Å². The van der Waals surface area contributed by atoms with Gasteiger partial charge in [-0.25, -0.2) is 0 Å². The molecule has 5 heteroatoms. The first-order valence-corrected chi connectivity index (χ1v) is 7.35. The fourth-order valence-corrected chi connectivity index (χ4v) is 3.49. The highest BCUT2D eigenvalue weighted by Crippen LogP contribution is 2.39. The molecule has 0 aromatic carbocycles. The monoisotopic (exact) mass is 357 g/mol. The van der Waals surface area contributed by atoms with E-state index >= 15 is 0 Å². The van der Waals surface area contributed by atoms with Crippen LogP contribution in [0.15, 0.2) is 21.2 Å². The van der Waals surface area contributed by atoms with Crippen LogP contribution in [0.3, 0.4) is 0 Å². The number of hydrogen-bond donors (Lipinski definition) is 0. The molecular formula is C12H13Br2N3. The molecule has 0 amide bonds. The Balaban J connectivity index is 2.01. The molecular weight excluding hydrogens is 346 g/mol. The SMILES string of the molecule is CN1C2C=C(c3nncc(Br)c3Br)CC1CC2. The van der Waals surface area contributed by atoms with Crippen molar-refractivity contribution in [3.63, 3.8) is 0 Å². The van der Waals surface area contributed by atoms with Crippen LogP contribution in [0.1, 0.15) is 25.0 Å². The van der Waals surface area contributed by atoms with Gasteiger partial charge in [0.05, 0.1) is 15.1 Å². The lowest BCUT2D eigenvalue weighted by Crippen LogP contribution is -2.34. The molecule has 90 valence electrons. The topological polar surface area (TPSA) is 29.0 Å². The van der Waals surface area contributed by atoms with Crippen LogP contribution >= 0.6 is 31.9 Å². The number of likely N-dealkylation sites (N-methyl/N-ethyl adjacent to an activating group) is 1. The largest absolute Gasteiger partial charge is 0.297 e. The van der Waals surface area contributed by atoms with E-state index in [1.54, 1.807) is 6.20 Å². The van der Waals surface area contributed by atoms with Crippen molar-refractivity contribution < 1.29 is 0 Å². The molecule has 2 atom stereocenters. The van der Waals surface area contributed by atoms with Crippen LogP contribution in [0.25, 0.3) is 5.57 Å². The predicted molar refractivity (Wildman–Crippen MR) is 74.6 cm³/mol. The maximum absolute atomic E-state index is 4.27. The number of rotatable bonds is 1. The van der Waals surface area contributed by atoms with Gasteiger partial charge in [0.15, 0.2) is 0 Å². The van der Waals surface area contributed by atoms with Gasteiger partial charge in [-0.1, -0.05) is 6.08 Å². The van der Waals surface area contributed by atoms with Crippen LogP contribution in [-0.4, -0.2) is 34.2 Å². The summed E-state index contributed by atoms with van der Waals surface area (Å²) in [6, 6.07) is 1.25. The van der Waals surface area contributed by atoms with Gasteiger partial charge in [0.2, 0.25) is 0 Å². The van der Waals surface area contributed by atoms with Crippen LogP contribution in [0.4, 0.5) is 0 Å². The minimum absolute atomic E-state index is 0.580. The summed E-state index contributed by atoms with van der Waals surface area (Å²) in [5.74, 6) is 0. The first-order chi connectivity index (χ1) is 8.16. The number of fused-ring (bicyclic) bond motifs is 2. The standard InChI is InChI=1S/C12H13Br2N3/c1-17-8-2-3-9(17)5-7(4-8)12-11(14)10(13)6-15-16-12/h4,6,8-9H,2-3,5H2,1H3. The molecule has 0 N–H and O–H groups in total. The molecule has 3 rings (SSSR count). The summed E-state index contributed by atoms with van der Waals surface area (Å²) in [5.41, 5.74) is 2.32. The second-order valence-corrected chi connectivity index (χ2v) is 6.36. The summed E-state index contributed by atoms with van der Waals surface area (Å²) >= 11 is 7.07. The lowest BCUT2D eigenvalue weighted by atomic mass is 9.99. The Kier molecular flexibility index (Phi) is 3.09. The van der Waals surface area contributed by atoms with Crippen LogP contribution in [0.5, 0.6) is 0 Å². The Labute approximate surface area is 118 Å². The first kappa shape index (κ1) is 11.8. The van der Waals surface area contributed by atoms with E-state index in [0.717, 1.165) is 21.1 Å². The van der Waals surface area contributed by atoms with Crippen molar-refractivity contribution in [3.8, 4) is 0 Å². The first-order valence-electron chi connectivity index (χ1n) is 5.76. The highest BCUT2D eigenvalue weighted by atomic mass is 79.9. The highest BCUT2D eigenvalue weighted by molar-refractivity contribution is 9.13. The van der Waals surface area contributed by atoms with Crippen molar-refractivity contribution >= 4 is 37.4 Å².